The molecule has 2 aliphatic heterocycles. The largest absolute Gasteiger partial charge is 0.355 e. The van der Waals surface area contributed by atoms with E-state index in [4.69, 9.17) is 4.98 Å². The van der Waals surface area contributed by atoms with Crippen LogP contribution >= 0.6 is 11.3 Å². The van der Waals surface area contributed by atoms with Crippen molar-refractivity contribution in [1.29, 1.82) is 0 Å². The van der Waals surface area contributed by atoms with Gasteiger partial charge >= 0.3 is 0 Å². The summed E-state index contributed by atoms with van der Waals surface area (Å²) in [5.74, 6) is 0.235. The summed E-state index contributed by atoms with van der Waals surface area (Å²) < 4.78 is 0. The molecule has 4 rings (SSSR count). The second-order valence-corrected chi connectivity index (χ2v) is 8.50. The highest BCUT2D eigenvalue weighted by Crippen LogP contribution is 2.30. The molecule has 8 heteroatoms. The molecule has 1 atom stereocenters. The number of nitrogens with one attached hydrogen (secondary N) is 1. The zero-order valence-corrected chi connectivity index (χ0v) is 16.7. The molecule has 7 nitrogen and oxygen atoms in total. The standard InChI is InChI=1S/C19H28N6OS/c1-23-10-12-24(13-11-23)9-7-20-17(26)15-4-3-8-25(14-15)19-22-16-5-2-6-21-18(16)27-19/h2,5-6,15H,3-4,7-14H2,1H3,(H,20,26)/t15-/m1/s1. The minimum Gasteiger partial charge on any atom is -0.355 e. The Morgan fingerprint density at radius 1 is 1.30 bits per heavy atom. The first-order valence-corrected chi connectivity index (χ1v) is 10.7. The van der Waals surface area contributed by atoms with Crippen molar-refractivity contribution >= 4 is 32.7 Å². The van der Waals surface area contributed by atoms with Gasteiger partial charge in [-0.15, -0.1) is 0 Å². The average Bonchev–Trinajstić information content (AvgIpc) is 3.14. The first-order chi connectivity index (χ1) is 13.2. The Morgan fingerprint density at radius 2 is 2.15 bits per heavy atom. The van der Waals surface area contributed by atoms with Gasteiger partial charge in [0.15, 0.2) is 5.13 Å². The number of fused-ring (bicyclic) bond motifs is 1. The number of carbonyl (C=O) groups excluding carboxylic acids is 1. The molecule has 4 heterocycles. The lowest BCUT2D eigenvalue weighted by Gasteiger charge is -2.33. The van der Waals surface area contributed by atoms with Crippen molar-refractivity contribution in [3.05, 3.63) is 18.3 Å². The van der Waals surface area contributed by atoms with E-state index in [1.54, 1.807) is 17.5 Å². The molecule has 2 aromatic rings. The average molecular weight is 389 g/mol. The smallest absolute Gasteiger partial charge is 0.224 e. The summed E-state index contributed by atoms with van der Waals surface area (Å²) in [5.41, 5.74) is 0.941. The summed E-state index contributed by atoms with van der Waals surface area (Å²) in [6, 6.07) is 3.91. The van der Waals surface area contributed by atoms with E-state index in [1.807, 2.05) is 12.1 Å². The van der Waals surface area contributed by atoms with Crippen molar-refractivity contribution in [2.75, 3.05) is 64.3 Å². The number of nitrogens with zero attached hydrogens (tertiary/aromatic N) is 5. The van der Waals surface area contributed by atoms with Gasteiger partial charge in [-0.25, -0.2) is 9.97 Å². The normalized spacial score (nSPS) is 22.3. The van der Waals surface area contributed by atoms with E-state index in [0.717, 1.165) is 80.7 Å². The number of pyridine rings is 1. The monoisotopic (exact) mass is 388 g/mol. The summed E-state index contributed by atoms with van der Waals surface area (Å²) >= 11 is 1.62. The van der Waals surface area contributed by atoms with Crippen LogP contribution in [0.2, 0.25) is 0 Å². The summed E-state index contributed by atoms with van der Waals surface area (Å²) in [7, 11) is 2.16. The van der Waals surface area contributed by atoms with Crippen molar-refractivity contribution in [3.8, 4) is 0 Å². The van der Waals surface area contributed by atoms with Gasteiger partial charge in [0, 0.05) is 58.6 Å². The predicted molar refractivity (Wildman–Crippen MR) is 109 cm³/mol. The Hall–Kier alpha value is -1.77. The van der Waals surface area contributed by atoms with Crippen LogP contribution in [0.4, 0.5) is 5.13 Å². The van der Waals surface area contributed by atoms with Gasteiger partial charge in [0.2, 0.25) is 5.91 Å². The fourth-order valence-electron chi connectivity index (χ4n) is 3.81. The second kappa shape index (κ2) is 8.50. The van der Waals surface area contributed by atoms with Gasteiger partial charge in [0.1, 0.15) is 10.3 Å². The number of aromatic nitrogens is 2. The van der Waals surface area contributed by atoms with Crippen LogP contribution in [0.25, 0.3) is 10.3 Å². The molecule has 2 saturated heterocycles. The van der Waals surface area contributed by atoms with E-state index < -0.39 is 0 Å². The molecule has 0 saturated carbocycles. The van der Waals surface area contributed by atoms with Crippen LogP contribution in [0.3, 0.4) is 0 Å². The molecule has 0 radical (unpaired) electrons. The van der Waals surface area contributed by atoms with E-state index in [9.17, 15) is 4.79 Å². The van der Waals surface area contributed by atoms with Gasteiger partial charge in [-0.05, 0) is 32.0 Å². The fourth-order valence-corrected chi connectivity index (χ4v) is 4.76. The number of thiazole rings is 1. The lowest BCUT2D eigenvalue weighted by Crippen LogP contribution is -2.48. The van der Waals surface area contributed by atoms with Crippen LogP contribution in [-0.2, 0) is 4.79 Å². The third kappa shape index (κ3) is 4.56. The van der Waals surface area contributed by atoms with E-state index in [-0.39, 0.29) is 11.8 Å². The first kappa shape index (κ1) is 18.6. The van der Waals surface area contributed by atoms with Gasteiger partial charge in [-0.2, -0.15) is 0 Å². The zero-order valence-electron chi connectivity index (χ0n) is 15.9. The second-order valence-electron chi connectivity index (χ2n) is 7.55. The minimum atomic E-state index is 0.0474. The number of hydrogen-bond acceptors (Lipinski definition) is 7. The highest BCUT2D eigenvalue weighted by molar-refractivity contribution is 7.21. The van der Waals surface area contributed by atoms with Crippen molar-refractivity contribution < 1.29 is 4.79 Å². The molecule has 2 aromatic heterocycles. The molecule has 2 aliphatic rings. The summed E-state index contributed by atoms with van der Waals surface area (Å²) in [6.07, 6.45) is 3.79. The van der Waals surface area contributed by atoms with Crippen LogP contribution in [0.15, 0.2) is 18.3 Å². The summed E-state index contributed by atoms with van der Waals surface area (Å²) in [5, 5.41) is 4.14. The van der Waals surface area contributed by atoms with Gasteiger partial charge in [-0.1, -0.05) is 11.3 Å². The quantitative estimate of drug-likeness (QED) is 0.832. The number of likely N-dealkylation sites (N-methyl/N-ethyl adjacent to an activating group) is 1. The fraction of sp³-hybridized carbons (Fsp3) is 0.632. The first-order valence-electron chi connectivity index (χ1n) is 9.84. The molecule has 0 aliphatic carbocycles. The number of hydrogen-bond donors (Lipinski definition) is 1. The van der Waals surface area contributed by atoms with Crippen molar-refractivity contribution in [3.63, 3.8) is 0 Å². The molecular formula is C19H28N6OS. The van der Waals surface area contributed by atoms with E-state index in [2.05, 4.69) is 32.0 Å². The van der Waals surface area contributed by atoms with Crippen LogP contribution in [0, 0.1) is 5.92 Å². The van der Waals surface area contributed by atoms with Gasteiger partial charge in [0.25, 0.3) is 0 Å². The number of amides is 1. The molecule has 2 fully saturated rings. The van der Waals surface area contributed by atoms with Gasteiger partial charge in [0.05, 0.1) is 5.92 Å². The minimum absolute atomic E-state index is 0.0474. The predicted octanol–water partition coefficient (Wildman–Crippen LogP) is 1.27. The highest BCUT2D eigenvalue weighted by Gasteiger charge is 2.27. The van der Waals surface area contributed by atoms with Crippen LogP contribution in [-0.4, -0.2) is 85.1 Å². The molecule has 0 bridgehead atoms. The summed E-state index contributed by atoms with van der Waals surface area (Å²) in [6.45, 7) is 7.81. The Balaban J connectivity index is 1.28. The van der Waals surface area contributed by atoms with E-state index in [0.29, 0.717) is 0 Å². The van der Waals surface area contributed by atoms with Crippen LogP contribution < -0.4 is 10.2 Å². The molecule has 0 unspecified atom stereocenters. The lowest BCUT2D eigenvalue weighted by molar-refractivity contribution is -0.125. The van der Waals surface area contributed by atoms with Crippen molar-refractivity contribution in [2.45, 2.75) is 12.8 Å². The van der Waals surface area contributed by atoms with Gasteiger partial charge < -0.3 is 15.1 Å². The maximum atomic E-state index is 12.6. The van der Waals surface area contributed by atoms with Gasteiger partial charge in [-0.3, -0.25) is 9.69 Å². The molecule has 0 aromatic carbocycles. The summed E-state index contributed by atoms with van der Waals surface area (Å²) in [4.78, 5) is 29.7. The van der Waals surface area contributed by atoms with Crippen LogP contribution in [0.1, 0.15) is 12.8 Å². The maximum Gasteiger partial charge on any atom is 0.224 e. The zero-order chi connectivity index (χ0) is 18.6. The van der Waals surface area contributed by atoms with E-state index >= 15 is 0 Å². The Kier molecular flexibility index (Phi) is 5.85. The van der Waals surface area contributed by atoms with Crippen molar-refractivity contribution in [1.82, 2.24) is 25.1 Å². The SMILES string of the molecule is CN1CCN(CCNC(=O)[C@@H]2CCCN(c3nc4cccnc4s3)C2)CC1. The highest BCUT2D eigenvalue weighted by atomic mass is 32.1. The third-order valence-electron chi connectivity index (χ3n) is 5.54. The molecule has 1 N–H and O–H groups in total. The maximum absolute atomic E-state index is 12.6. The lowest BCUT2D eigenvalue weighted by atomic mass is 9.97. The Bertz CT molecular complexity index is 739. The third-order valence-corrected chi connectivity index (χ3v) is 6.58. The Morgan fingerprint density at radius 3 is 2.96 bits per heavy atom. The number of anilines is 1. The topological polar surface area (TPSA) is 64.6 Å². The molecule has 0 spiro atoms. The number of rotatable bonds is 5. The number of piperidine rings is 1. The van der Waals surface area contributed by atoms with E-state index in [1.165, 1.54) is 0 Å². The molecule has 27 heavy (non-hydrogen) atoms. The van der Waals surface area contributed by atoms with Crippen LogP contribution in [0.5, 0.6) is 0 Å². The van der Waals surface area contributed by atoms with Crippen molar-refractivity contribution in [2.24, 2.45) is 5.92 Å². The number of carbonyl (C=O) groups is 1. The molecule has 146 valence electrons. The molecule has 1 amide bonds. The molecular weight excluding hydrogens is 360 g/mol. The Labute approximate surface area is 164 Å². The number of piperazine rings is 1.